The summed E-state index contributed by atoms with van der Waals surface area (Å²) in [7, 11) is -9.92. The van der Waals surface area contributed by atoms with Crippen LogP contribution < -0.4 is 0 Å². The molecule has 0 heterocycles. The first kappa shape index (κ1) is 98.1. The standard InChI is InChI=1S/C81H158O17P2/c1-5-9-13-17-21-25-29-33-35-36-37-38-40-44-48-52-56-60-64-68-81(86)98-77(72-92-79(84)66-62-58-54-50-46-43-39-34-30-26-22-18-14-10-6-2)74-96-100(89,90)94-70-75(82)69-93-99(87,88)95-73-76(97-80(85)67-63-59-55-51-47-42-32-28-24-20-16-12-8-4)71-91-78(83)65-61-57-53-49-45-41-31-27-23-19-15-11-7-3/h75-77,82H,5-74H2,1-4H3,(H,87,88)(H,89,90)/t75-,76+,77+/m0/s1. The van der Waals surface area contributed by atoms with E-state index in [0.29, 0.717) is 25.7 Å². The van der Waals surface area contributed by atoms with Gasteiger partial charge in [0.25, 0.3) is 0 Å². The van der Waals surface area contributed by atoms with Crippen molar-refractivity contribution in [2.45, 2.75) is 457 Å². The molecule has 0 saturated heterocycles. The van der Waals surface area contributed by atoms with E-state index in [1.807, 2.05) is 0 Å². The van der Waals surface area contributed by atoms with Gasteiger partial charge < -0.3 is 33.8 Å². The number of ether oxygens (including phenoxy) is 4. The van der Waals surface area contributed by atoms with Crippen LogP contribution in [0.5, 0.6) is 0 Å². The average Bonchev–Trinajstić information content (AvgIpc) is 0.934. The molecule has 0 aromatic heterocycles. The summed E-state index contributed by atoms with van der Waals surface area (Å²) in [6, 6.07) is 0. The van der Waals surface area contributed by atoms with Gasteiger partial charge in [-0.1, -0.05) is 387 Å². The second-order valence-corrected chi connectivity index (χ2v) is 32.1. The van der Waals surface area contributed by atoms with E-state index in [1.54, 1.807) is 0 Å². The number of carbonyl (C=O) groups excluding carboxylic acids is 4. The highest BCUT2D eigenvalue weighted by molar-refractivity contribution is 7.47. The van der Waals surface area contributed by atoms with Crippen molar-refractivity contribution < 1.29 is 80.2 Å². The van der Waals surface area contributed by atoms with E-state index >= 15 is 0 Å². The maximum atomic E-state index is 13.1. The van der Waals surface area contributed by atoms with Crippen LogP contribution in [0.1, 0.15) is 439 Å². The summed E-state index contributed by atoms with van der Waals surface area (Å²) in [4.78, 5) is 73.1. The minimum Gasteiger partial charge on any atom is -0.462 e. The fraction of sp³-hybridized carbons (Fsp3) is 0.951. The Morgan fingerprint density at radius 2 is 0.400 bits per heavy atom. The number of aliphatic hydroxyl groups is 1. The summed E-state index contributed by atoms with van der Waals surface area (Å²) in [5.41, 5.74) is 0. The number of rotatable bonds is 82. The van der Waals surface area contributed by atoms with Gasteiger partial charge >= 0.3 is 39.5 Å². The number of phosphoric ester groups is 2. The Balaban J connectivity index is 5.25. The van der Waals surface area contributed by atoms with E-state index in [0.717, 1.165) is 89.9 Å². The first-order valence-corrected chi connectivity index (χ1v) is 45.3. The number of carbonyl (C=O) groups is 4. The molecule has 0 fully saturated rings. The Bertz CT molecular complexity index is 1890. The summed E-state index contributed by atoms with van der Waals surface area (Å²) < 4.78 is 68.8. The molecule has 100 heavy (non-hydrogen) atoms. The molecule has 0 aliphatic heterocycles. The molecule has 0 saturated carbocycles. The predicted octanol–water partition coefficient (Wildman–Crippen LogP) is 24.6. The molecule has 0 bridgehead atoms. The van der Waals surface area contributed by atoms with Crippen LogP contribution in [0.4, 0.5) is 0 Å². The highest BCUT2D eigenvalue weighted by Gasteiger charge is 2.30. The van der Waals surface area contributed by atoms with E-state index in [2.05, 4.69) is 27.7 Å². The van der Waals surface area contributed by atoms with Gasteiger partial charge in [0.2, 0.25) is 0 Å². The summed E-state index contributed by atoms with van der Waals surface area (Å²) in [6.07, 6.45) is 67.8. The van der Waals surface area contributed by atoms with Crippen molar-refractivity contribution >= 4 is 39.5 Å². The Hall–Kier alpha value is -1.94. The number of phosphoric acid groups is 2. The molecule has 17 nitrogen and oxygen atoms in total. The number of unbranched alkanes of at least 4 members (excludes halogenated alkanes) is 56. The third-order valence-electron chi connectivity index (χ3n) is 19.1. The van der Waals surface area contributed by atoms with Gasteiger partial charge in [-0.05, 0) is 25.7 Å². The number of hydrogen-bond donors (Lipinski definition) is 3. The molecule has 0 spiro atoms. The number of aliphatic hydroxyl groups excluding tert-OH is 1. The maximum absolute atomic E-state index is 13.1. The first-order valence-electron chi connectivity index (χ1n) is 42.3. The van der Waals surface area contributed by atoms with Crippen molar-refractivity contribution in [2.75, 3.05) is 39.6 Å². The zero-order chi connectivity index (χ0) is 73.2. The van der Waals surface area contributed by atoms with Crippen molar-refractivity contribution in [2.24, 2.45) is 0 Å². The zero-order valence-corrected chi connectivity index (χ0v) is 67.0. The molecule has 0 aliphatic carbocycles. The average molecular weight is 1470 g/mol. The molecule has 0 aliphatic rings. The fourth-order valence-electron chi connectivity index (χ4n) is 12.6. The van der Waals surface area contributed by atoms with E-state index in [-0.39, 0.29) is 25.7 Å². The summed E-state index contributed by atoms with van der Waals surface area (Å²) >= 11 is 0. The summed E-state index contributed by atoms with van der Waals surface area (Å²) in [5.74, 6) is -2.10. The molecular weight excluding hydrogens is 1310 g/mol. The molecule has 0 aromatic rings. The Morgan fingerprint density at radius 3 is 0.590 bits per heavy atom. The fourth-order valence-corrected chi connectivity index (χ4v) is 14.2. The van der Waals surface area contributed by atoms with Gasteiger partial charge in [0.15, 0.2) is 12.2 Å². The van der Waals surface area contributed by atoms with Crippen LogP contribution in [-0.2, 0) is 65.4 Å². The van der Waals surface area contributed by atoms with Crippen LogP contribution in [0.2, 0.25) is 0 Å². The summed E-state index contributed by atoms with van der Waals surface area (Å²) in [6.45, 7) is 5.04. The van der Waals surface area contributed by atoms with Gasteiger partial charge in [0, 0.05) is 25.7 Å². The lowest BCUT2D eigenvalue weighted by molar-refractivity contribution is -0.161. The van der Waals surface area contributed by atoms with Crippen LogP contribution in [0, 0.1) is 0 Å². The highest BCUT2D eigenvalue weighted by atomic mass is 31.2. The normalized spacial score (nSPS) is 13.8. The van der Waals surface area contributed by atoms with Gasteiger partial charge in [-0.25, -0.2) is 9.13 Å². The van der Waals surface area contributed by atoms with Gasteiger partial charge in [0.1, 0.15) is 19.3 Å². The van der Waals surface area contributed by atoms with Crippen molar-refractivity contribution in [3.8, 4) is 0 Å². The molecular formula is C81H158O17P2. The Kier molecular flexibility index (Phi) is 73.8. The smallest absolute Gasteiger partial charge is 0.462 e. The monoisotopic (exact) mass is 1470 g/mol. The van der Waals surface area contributed by atoms with Crippen LogP contribution in [0.3, 0.4) is 0 Å². The van der Waals surface area contributed by atoms with Crippen molar-refractivity contribution in [3.63, 3.8) is 0 Å². The second kappa shape index (κ2) is 75.3. The van der Waals surface area contributed by atoms with Crippen molar-refractivity contribution in [1.82, 2.24) is 0 Å². The van der Waals surface area contributed by atoms with E-state index < -0.39 is 97.5 Å². The van der Waals surface area contributed by atoms with Crippen LogP contribution in [0.15, 0.2) is 0 Å². The number of esters is 4. The van der Waals surface area contributed by atoms with E-state index in [4.69, 9.17) is 37.0 Å². The van der Waals surface area contributed by atoms with Crippen molar-refractivity contribution in [1.29, 1.82) is 0 Å². The summed E-state index contributed by atoms with van der Waals surface area (Å²) in [5, 5.41) is 10.6. The largest absolute Gasteiger partial charge is 0.472 e. The first-order chi connectivity index (χ1) is 48.7. The lowest BCUT2D eigenvalue weighted by Crippen LogP contribution is -2.30. The molecule has 0 aromatic carbocycles. The van der Waals surface area contributed by atoms with Gasteiger partial charge in [-0.2, -0.15) is 0 Å². The van der Waals surface area contributed by atoms with Crippen molar-refractivity contribution in [3.05, 3.63) is 0 Å². The van der Waals surface area contributed by atoms with Gasteiger partial charge in [-0.15, -0.1) is 0 Å². The van der Waals surface area contributed by atoms with E-state index in [1.165, 1.54) is 270 Å². The highest BCUT2D eigenvalue weighted by Crippen LogP contribution is 2.45. The van der Waals surface area contributed by atoms with Gasteiger partial charge in [-0.3, -0.25) is 37.3 Å². The molecule has 594 valence electrons. The molecule has 0 radical (unpaired) electrons. The third kappa shape index (κ3) is 74.3. The third-order valence-corrected chi connectivity index (χ3v) is 21.0. The minimum atomic E-state index is -4.96. The quantitative estimate of drug-likeness (QED) is 0.0222. The molecule has 0 amide bonds. The van der Waals surface area contributed by atoms with Crippen LogP contribution >= 0.6 is 15.6 Å². The Labute approximate surface area is 613 Å². The SMILES string of the molecule is CCCCCCCCCCCCCCCCCCCCCC(=O)O[C@H](COC(=O)CCCCCCCCCCCCCCCCC)COP(=O)(O)OC[C@@H](O)COP(=O)(O)OC[C@@H](COC(=O)CCCCCCCCCCCCCCC)OC(=O)CCCCCCCCCCCCCCC. The Morgan fingerprint density at radius 1 is 0.240 bits per heavy atom. The van der Waals surface area contributed by atoms with Crippen LogP contribution in [-0.4, -0.2) is 96.7 Å². The lowest BCUT2D eigenvalue weighted by Gasteiger charge is -2.21. The van der Waals surface area contributed by atoms with Gasteiger partial charge in [0.05, 0.1) is 26.4 Å². The molecule has 5 atom stereocenters. The predicted molar refractivity (Wildman–Crippen MR) is 409 cm³/mol. The number of hydrogen-bond acceptors (Lipinski definition) is 15. The topological polar surface area (TPSA) is 237 Å². The molecule has 0 rings (SSSR count). The molecule has 2 unspecified atom stereocenters. The van der Waals surface area contributed by atoms with E-state index in [9.17, 15) is 43.2 Å². The second-order valence-electron chi connectivity index (χ2n) is 29.2. The minimum absolute atomic E-state index is 0.109. The lowest BCUT2D eigenvalue weighted by atomic mass is 10.0. The maximum Gasteiger partial charge on any atom is 0.472 e. The van der Waals surface area contributed by atoms with Crippen LogP contribution in [0.25, 0.3) is 0 Å². The zero-order valence-electron chi connectivity index (χ0n) is 65.2. The molecule has 3 N–H and O–H groups in total. The molecule has 19 heteroatoms.